The Labute approximate surface area is 216 Å². The zero-order chi connectivity index (χ0) is 26.5. The Bertz CT molecular complexity index is 1390. The van der Waals surface area contributed by atoms with Gasteiger partial charge < -0.3 is 24.8 Å². The van der Waals surface area contributed by atoms with Crippen LogP contribution < -0.4 is 24.8 Å². The number of carbonyl (C=O) groups excluding carboxylic acids is 1. The van der Waals surface area contributed by atoms with Gasteiger partial charge in [-0.15, -0.1) is 0 Å². The molecule has 1 aliphatic rings. The highest BCUT2D eigenvalue weighted by atomic mass is 16.5. The molecule has 8 nitrogen and oxygen atoms in total. The number of carbonyl (C=O) groups is 1. The molecule has 0 radical (unpaired) electrons. The standard InChI is InChI=1S/C29H30N4O4/c1-6-37-29-26-25(22-12-9-20(14-30)13-23(22)36-5)24(18(3)33-27(26)17(2)15-32-29)28(34)31-16-19-7-10-21(35-4)11-8-19/h7-13,15,25,33H,6,16H2,1-5H3,(H,31,34)/t25-/m0/s1. The van der Waals surface area contributed by atoms with Crippen LogP contribution in [0.25, 0.3) is 0 Å². The van der Waals surface area contributed by atoms with Gasteiger partial charge in [0, 0.05) is 29.6 Å². The minimum Gasteiger partial charge on any atom is -0.497 e. The van der Waals surface area contributed by atoms with Crippen molar-refractivity contribution in [3.05, 3.63) is 87.7 Å². The molecule has 1 aliphatic heterocycles. The lowest BCUT2D eigenvalue weighted by Crippen LogP contribution is -2.32. The molecule has 2 aromatic carbocycles. The van der Waals surface area contributed by atoms with Gasteiger partial charge in [0.25, 0.3) is 0 Å². The maximum Gasteiger partial charge on any atom is 0.250 e. The number of allylic oxidation sites excluding steroid dienone is 1. The first kappa shape index (κ1) is 25.6. The van der Waals surface area contributed by atoms with Crippen molar-refractivity contribution < 1.29 is 19.0 Å². The lowest BCUT2D eigenvalue weighted by atomic mass is 9.79. The van der Waals surface area contributed by atoms with Crippen LogP contribution in [-0.4, -0.2) is 31.7 Å². The molecule has 4 rings (SSSR count). The van der Waals surface area contributed by atoms with Crippen molar-refractivity contribution in [2.24, 2.45) is 0 Å². The zero-order valence-corrected chi connectivity index (χ0v) is 21.6. The molecule has 8 heteroatoms. The predicted molar refractivity (Wildman–Crippen MR) is 141 cm³/mol. The van der Waals surface area contributed by atoms with E-state index < -0.39 is 5.92 Å². The summed E-state index contributed by atoms with van der Waals surface area (Å²) in [7, 11) is 3.17. The van der Waals surface area contributed by atoms with Crippen molar-refractivity contribution in [2.45, 2.75) is 33.2 Å². The molecule has 0 unspecified atom stereocenters. The van der Waals surface area contributed by atoms with Gasteiger partial charge in [0.05, 0.1) is 49.6 Å². The maximum absolute atomic E-state index is 13.8. The van der Waals surface area contributed by atoms with E-state index in [1.807, 2.05) is 51.1 Å². The van der Waals surface area contributed by atoms with Crippen LogP contribution in [0, 0.1) is 18.3 Å². The quantitative estimate of drug-likeness (QED) is 0.458. The number of aromatic nitrogens is 1. The van der Waals surface area contributed by atoms with Gasteiger partial charge in [-0.1, -0.05) is 18.2 Å². The number of methoxy groups -OCH3 is 2. The van der Waals surface area contributed by atoms with Crippen molar-refractivity contribution in [2.75, 3.05) is 26.1 Å². The molecule has 0 saturated carbocycles. The summed E-state index contributed by atoms with van der Waals surface area (Å²) < 4.78 is 16.9. The van der Waals surface area contributed by atoms with Crippen LogP contribution in [0.4, 0.5) is 5.69 Å². The van der Waals surface area contributed by atoms with E-state index in [9.17, 15) is 10.1 Å². The molecule has 0 spiro atoms. The van der Waals surface area contributed by atoms with E-state index in [-0.39, 0.29) is 5.91 Å². The van der Waals surface area contributed by atoms with E-state index in [1.54, 1.807) is 32.5 Å². The number of nitrogens with one attached hydrogen (secondary N) is 2. The summed E-state index contributed by atoms with van der Waals surface area (Å²) >= 11 is 0. The fraction of sp³-hybridized carbons (Fsp3) is 0.276. The van der Waals surface area contributed by atoms with Crippen molar-refractivity contribution in [1.29, 1.82) is 5.26 Å². The maximum atomic E-state index is 13.8. The van der Waals surface area contributed by atoms with Crippen LogP contribution in [-0.2, 0) is 11.3 Å². The summed E-state index contributed by atoms with van der Waals surface area (Å²) in [5.74, 6) is 0.936. The fourth-order valence-electron chi connectivity index (χ4n) is 4.56. The number of anilines is 1. The van der Waals surface area contributed by atoms with E-state index in [0.29, 0.717) is 41.6 Å². The summed E-state index contributed by atoms with van der Waals surface area (Å²) in [4.78, 5) is 18.3. The molecule has 0 fully saturated rings. The van der Waals surface area contributed by atoms with Crippen LogP contribution in [0.2, 0.25) is 0 Å². The Morgan fingerprint density at radius 3 is 2.54 bits per heavy atom. The molecule has 2 N–H and O–H groups in total. The van der Waals surface area contributed by atoms with Gasteiger partial charge in [-0.05, 0) is 56.2 Å². The van der Waals surface area contributed by atoms with E-state index in [2.05, 4.69) is 21.7 Å². The molecule has 0 aliphatic carbocycles. The average molecular weight is 499 g/mol. The second-order valence-corrected chi connectivity index (χ2v) is 8.66. The van der Waals surface area contributed by atoms with Gasteiger partial charge in [0.15, 0.2) is 0 Å². The molecular weight excluding hydrogens is 468 g/mol. The van der Waals surface area contributed by atoms with Gasteiger partial charge in [-0.25, -0.2) is 4.98 Å². The first-order valence-electron chi connectivity index (χ1n) is 12.0. The van der Waals surface area contributed by atoms with Crippen molar-refractivity contribution >= 4 is 11.6 Å². The number of hydrogen-bond acceptors (Lipinski definition) is 7. The highest BCUT2D eigenvalue weighted by Gasteiger charge is 2.37. The molecular formula is C29H30N4O4. The Kier molecular flexibility index (Phi) is 7.63. The van der Waals surface area contributed by atoms with Crippen LogP contribution in [0.5, 0.6) is 17.4 Å². The Balaban J connectivity index is 1.82. The number of ether oxygens (including phenoxy) is 3. The van der Waals surface area contributed by atoms with Gasteiger partial charge >= 0.3 is 0 Å². The third-order valence-corrected chi connectivity index (χ3v) is 6.37. The number of aryl methyl sites for hydroxylation is 1. The van der Waals surface area contributed by atoms with Crippen LogP contribution in [0.3, 0.4) is 0 Å². The summed E-state index contributed by atoms with van der Waals surface area (Å²) in [6, 6.07) is 14.9. The monoisotopic (exact) mass is 498 g/mol. The molecule has 2 heterocycles. The van der Waals surface area contributed by atoms with Crippen molar-refractivity contribution in [1.82, 2.24) is 10.3 Å². The number of rotatable bonds is 8. The topological polar surface area (TPSA) is 106 Å². The number of nitrogens with zero attached hydrogens (tertiary/aromatic N) is 2. The molecule has 0 saturated heterocycles. The lowest BCUT2D eigenvalue weighted by Gasteiger charge is -2.33. The van der Waals surface area contributed by atoms with Gasteiger partial charge in [0.2, 0.25) is 11.8 Å². The van der Waals surface area contributed by atoms with Crippen molar-refractivity contribution in [3.8, 4) is 23.4 Å². The highest BCUT2D eigenvalue weighted by Crippen LogP contribution is 2.49. The van der Waals surface area contributed by atoms with Crippen molar-refractivity contribution in [3.63, 3.8) is 0 Å². The van der Waals surface area contributed by atoms with Gasteiger partial charge in [0.1, 0.15) is 11.5 Å². The minimum absolute atomic E-state index is 0.230. The first-order valence-corrected chi connectivity index (χ1v) is 12.0. The first-order chi connectivity index (χ1) is 17.9. The van der Waals surface area contributed by atoms with Crippen LogP contribution in [0.1, 0.15) is 47.6 Å². The molecule has 1 atom stereocenters. The molecule has 1 amide bonds. The average Bonchev–Trinajstić information content (AvgIpc) is 2.92. The summed E-state index contributed by atoms with van der Waals surface area (Å²) in [5, 5.41) is 15.9. The van der Waals surface area contributed by atoms with Crippen LogP contribution >= 0.6 is 0 Å². The molecule has 3 aromatic rings. The van der Waals surface area contributed by atoms with E-state index >= 15 is 0 Å². The SMILES string of the molecule is CCOc1ncc(C)c2c1[C@@H](c1ccc(C#N)cc1OC)C(C(=O)NCc1ccc(OC)cc1)=C(C)N2. The molecule has 0 bridgehead atoms. The smallest absolute Gasteiger partial charge is 0.250 e. The number of nitriles is 1. The van der Waals surface area contributed by atoms with Gasteiger partial charge in [-0.3, -0.25) is 4.79 Å². The third-order valence-electron chi connectivity index (χ3n) is 6.37. The van der Waals surface area contributed by atoms with Gasteiger partial charge in [-0.2, -0.15) is 5.26 Å². The second kappa shape index (κ2) is 11.0. The van der Waals surface area contributed by atoms with E-state index in [4.69, 9.17) is 14.2 Å². The Morgan fingerprint density at radius 2 is 1.89 bits per heavy atom. The van der Waals surface area contributed by atoms with E-state index in [1.165, 1.54) is 0 Å². The third kappa shape index (κ3) is 5.07. The molecule has 190 valence electrons. The fourth-order valence-corrected chi connectivity index (χ4v) is 4.56. The van der Waals surface area contributed by atoms with Crippen LogP contribution in [0.15, 0.2) is 59.9 Å². The predicted octanol–water partition coefficient (Wildman–Crippen LogP) is 4.83. The Morgan fingerprint density at radius 1 is 1.14 bits per heavy atom. The molecule has 1 aromatic heterocycles. The second-order valence-electron chi connectivity index (χ2n) is 8.66. The number of hydrogen-bond donors (Lipinski definition) is 2. The normalized spacial score (nSPS) is 14.2. The number of fused-ring (bicyclic) bond motifs is 1. The lowest BCUT2D eigenvalue weighted by molar-refractivity contribution is -0.117. The molecule has 37 heavy (non-hydrogen) atoms. The summed E-state index contributed by atoms with van der Waals surface area (Å²) in [6.45, 7) is 6.50. The zero-order valence-electron chi connectivity index (χ0n) is 21.6. The number of pyridine rings is 1. The Hall–Kier alpha value is -4.51. The summed E-state index contributed by atoms with van der Waals surface area (Å²) in [5.41, 5.74) is 5.92. The number of benzene rings is 2. The number of amides is 1. The highest BCUT2D eigenvalue weighted by molar-refractivity contribution is 5.99. The summed E-state index contributed by atoms with van der Waals surface area (Å²) in [6.07, 6.45) is 1.76. The largest absolute Gasteiger partial charge is 0.497 e. The van der Waals surface area contributed by atoms with E-state index in [0.717, 1.165) is 33.7 Å². The minimum atomic E-state index is -0.538.